The standard InChI is InChI=1S/C51H36N2/c1-51(2)44-19-9-6-15-39(44)40-30-28-37(32-45(40)51)53-47-21-11-8-17-43(47)50-38(18-12-22-48(50)53)35-25-29-42-41-16-7-10-20-46(41)52(49(42)31-35)36-26-23-34(24-27-36)33-13-4-3-5-14-33/h3-32H,1-2H3. The number of rotatable bonds is 4. The normalized spacial score (nSPS) is 13.2. The maximum Gasteiger partial charge on any atom is 0.0547 e. The van der Waals surface area contributed by atoms with Gasteiger partial charge in [0.25, 0.3) is 0 Å². The third-order valence-corrected chi connectivity index (χ3v) is 11.7. The van der Waals surface area contributed by atoms with Gasteiger partial charge in [0.15, 0.2) is 0 Å². The second-order valence-electron chi connectivity index (χ2n) is 15.0. The maximum absolute atomic E-state index is 2.47. The van der Waals surface area contributed by atoms with Crippen molar-refractivity contribution >= 4 is 43.6 Å². The molecule has 1 aliphatic carbocycles. The van der Waals surface area contributed by atoms with E-state index in [1.165, 1.54) is 93.8 Å². The fraction of sp³-hybridized carbons (Fsp3) is 0.0588. The first-order chi connectivity index (χ1) is 26.1. The highest BCUT2D eigenvalue weighted by molar-refractivity contribution is 6.17. The van der Waals surface area contributed by atoms with Gasteiger partial charge in [0.05, 0.1) is 22.1 Å². The molecule has 0 fully saturated rings. The highest BCUT2D eigenvalue weighted by Gasteiger charge is 2.35. The van der Waals surface area contributed by atoms with Gasteiger partial charge >= 0.3 is 0 Å². The van der Waals surface area contributed by atoms with E-state index in [4.69, 9.17) is 0 Å². The summed E-state index contributed by atoms with van der Waals surface area (Å²) in [4.78, 5) is 0. The predicted molar refractivity (Wildman–Crippen MR) is 224 cm³/mol. The molecule has 2 aromatic heterocycles. The van der Waals surface area contributed by atoms with Crippen molar-refractivity contribution in [3.63, 3.8) is 0 Å². The number of para-hydroxylation sites is 2. The van der Waals surface area contributed by atoms with Crippen LogP contribution in [0.2, 0.25) is 0 Å². The average Bonchev–Trinajstić information content (AvgIpc) is 3.81. The van der Waals surface area contributed by atoms with Gasteiger partial charge in [-0.1, -0.05) is 147 Å². The maximum atomic E-state index is 2.47. The van der Waals surface area contributed by atoms with Crippen LogP contribution in [-0.4, -0.2) is 9.13 Å². The van der Waals surface area contributed by atoms with Crippen molar-refractivity contribution in [2.24, 2.45) is 0 Å². The van der Waals surface area contributed by atoms with Crippen LogP contribution in [0.4, 0.5) is 0 Å². The van der Waals surface area contributed by atoms with Gasteiger partial charge in [-0.3, -0.25) is 0 Å². The number of hydrogen-bond acceptors (Lipinski definition) is 0. The molecule has 0 spiro atoms. The Labute approximate surface area is 308 Å². The quantitative estimate of drug-likeness (QED) is 0.176. The molecule has 0 bridgehead atoms. The molecule has 53 heavy (non-hydrogen) atoms. The first-order valence-electron chi connectivity index (χ1n) is 18.5. The van der Waals surface area contributed by atoms with Gasteiger partial charge in [-0.25, -0.2) is 0 Å². The molecule has 0 atom stereocenters. The summed E-state index contributed by atoms with van der Waals surface area (Å²) >= 11 is 0. The Hall–Kier alpha value is -6.64. The second-order valence-corrected chi connectivity index (χ2v) is 15.0. The highest BCUT2D eigenvalue weighted by atomic mass is 15.0. The fourth-order valence-electron chi connectivity index (χ4n) is 9.22. The van der Waals surface area contributed by atoms with Gasteiger partial charge in [-0.2, -0.15) is 0 Å². The molecule has 0 radical (unpaired) electrons. The van der Waals surface area contributed by atoms with Crippen molar-refractivity contribution in [1.29, 1.82) is 0 Å². The van der Waals surface area contributed by atoms with Crippen LogP contribution in [0.5, 0.6) is 0 Å². The van der Waals surface area contributed by atoms with Crippen LogP contribution in [0.15, 0.2) is 182 Å². The molecule has 10 aromatic rings. The zero-order valence-electron chi connectivity index (χ0n) is 29.7. The Bertz CT molecular complexity index is 3060. The van der Waals surface area contributed by atoms with Crippen LogP contribution in [0.1, 0.15) is 25.0 Å². The van der Waals surface area contributed by atoms with Crippen LogP contribution in [-0.2, 0) is 5.41 Å². The van der Waals surface area contributed by atoms with Gasteiger partial charge in [0, 0.05) is 38.3 Å². The van der Waals surface area contributed by atoms with Crippen molar-refractivity contribution in [2.75, 3.05) is 0 Å². The van der Waals surface area contributed by atoms with E-state index in [0.29, 0.717) is 0 Å². The van der Waals surface area contributed by atoms with E-state index in [9.17, 15) is 0 Å². The Morgan fingerprint density at radius 3 is 1.74 bits per heavy atom. The van der Waals surface area contributed by atoms with E-state index in [2.05, 4.69) is 205 Å². The summed E-state index contributed by atoms with van der Waals surface area (Å²) in [5.41, 5.74) is 17.5. The Kier molecular flexibility index (Phi) is 6.33. The first kappa shape index (κ1) is 30.0. The molecule has 8 aromatic carbocycles. The van der Waals surface area contributed by atoms with Crippen LogP contribution >= 0.6 is 0 Å². The lowest BCUT2D eigenvalue weighted by molar-refractivity contribution is 0.660. The number of nitrogens with zero attached hydrogens (tertiary/aromatic N) is 2. The molecule has 250 valence electrons. The molecule has 0 N–H and O–H groups in total. The Morgan fingerprint density at radius 1 is 0.340 bits per heavy atom. The summed E-state index contributed by atoms with van der Waals surface area (Å²) in [5, 5.41) is 5.06. The minimum Gasteiger partial charge on any atom is -0.309 e. The van der Waals surface area contributed by atoms with Gasteiger partial charge < -0.3 is 9.13 Å². The lowest BCUT2D eigenvalue weighted by Gasteiger charge is -2.22. The van der Waals surface area contributed by atoms with Crippen molar-refractivity contribution < 1.29 is 0 Å². The zero-order valence-corrected chi connectivity index (χ0v) is 29.7. The predicted octanol–water partition coefficient (Wildman–Crippen LogP) is 13.5. The molecular weight excluding hydrogens is 641 g/mol. The average molecular weight is 677 g/mol. The van der Waals surface area contributed by atoms with E-state index in [1.807, 2.05) is 0 Å². The van der Waals surface area contributed by atoms with Crippen LogP contribution in [0, 0.1) is 0 Å². The van der Waals surface area contributed by atoms with Crippen LogP contribution in [0.3, 0.4) is 0 Å². The molecule has 11 rings (SSSR count). The third-order valence-electron chi connectivity index (χ3n) is 11.7. The third kappa shape index (κ3) is 4.33. The second kappa shape index (κ2) is 11.2. The lowest BCUT2D eigenvalue weighted by atomic mass is 9.82. The molecule has 0 unspecified atom stereocenters. The minimum atomic E-state index is -0.0679. The summed E-state index contributed by atoms with van der Waals surface area (Å²) in [6.07, 6.45) is 0. The number of aromatic nitrogens is 2. The largest absolute Gasteiger partial charge is 0.309 e. The monoisotopic (exact) mass is 676 g/mol. The SMILES string of the molecule is CC1(C)c2ccccc2-c2ccc(-n3c4ccccc4c4c(-c5ccc6c7ccccc7n(-c7ccc(-c8ccccc8)cc7)c6c5)cccc43)cc21. The summed E-state index contributed by atoms with van der Waals surface area (Å²) < 4.78 is 4.90. The minimum absolute atomic E-state index is 0.0679. The number of benzene rings is 8. The van der Waals surface area contributed by atoms with E-state index < -0.39 is 0 Å². The van der Waals surface area contributed by atoms with E-state index in [-0.39, 0.29) is 5.41 Å². The molecule has 2 nitrogen and oxygen atoms in total. The molecule has 0 aliphatic heterocycles. The van der Waals surface area contributed by atoms with Gasteiger partial charge in [0.2, 0.25) is 0 Å². The van der Waals surface area contributed by atoms with Crippen molar-refractivity contribution in [2.45, 2.75) is 19.3 Å². The van der Waals surface area contributed by atoms with E-state index >= 15 is 0 Å². The molecule has 0 saturated heterocycles. The number of hydrogen-bond donors (Lipinski definition) is 0. The van der Waals surface area contributed by atoms with Crippen molar-refractivity contribution in [3.05, 3.63) is 193 Å². The summed E-state index contributed by atoms with van der Waals surface area (Å²) in [6.45, 7) is 4.72. The molecule has 2 heterocycles. The lowest BCUT2D eigenvalue weighted by Crippen LogP contribution is -2.15. The topological polar surface area (TPSA) is 9.86 Å². The summed E-state index contributed by atoms with van der Waals surface area (Å²) in [6, 6.07) is 67.1. The molecular formula is C51H36N2. The molecule has 0 amide bonds. The van der Waals surface area contributed by atoms with Crippen molar-refractivity contribution in [3.8, 4) is 44.8 Å². The van der Waals surface area contributed by atoms with Gasteiger partial charge in [-0.05, 0) is 93.0 Å². The molecule has 2 heteroatoms. The number of fused-ring (bicyclic) bond motifs is 9. The zero-order chi connectivity index (χ0) is 35.3. The molecule has 0 saturated carbocycles. The molecule has 1 aliphatic rings. The summed E-state index contributed by atoms with van der Waals surface area (Å²) in [5.74, 6) is 0. The summed E-state index contributed by atoms with van der Waals surface area (Å²) in [7, 11) is 0. The highest BCUT2D eigenvalue weighted by Crippen LogP contribution is 2.50. The Morgan fingerprint density at radius 2 is 0.906 bits per heavy atom. The van der Waals surface area contributed by atoms with E-state index in [1.54, 1.807) is 0 Å². The van der Waals surface area contributed by atoms with Gasteiger partial charge in [-0.15, -0.1) is 0 Å². The van der Waals surface area contributed by atoms with Gasteiger partial charge in [0.1, 0.15) is 0 Å². The Balaban J connectivity index is 1.11. The van der Waals surface area contributed by atoms with E-state index in [0.717, 1.165) is 5.69 Å². The van der Waals surface area contributed by atoms with Crippen LogP contribution in [0.25, 0.3) is 88.4 Å². The fourth-order valence-corrected chi connectivity index (χ4v) is 9.22. The van der Waals surface area contributed by atoms with Crippen molar-refractivity contribution in [1.82, 2.24) is 9.13 Å². The van der Waals surface area contributed by atoms with Crippen LogP contribution < -0.4 is 0 Å². The smallest absolute Gasteiger partial charge is 0.0547 e. The first-order valence-corrected chi connectivity index (χ1v) is 18.5.